The summed E-state index contributed by atoms with van der Waals surface area (Å²) in [4.78, 5) is 26.8. The summed E-state index contributed by atoms with van der Waals surface area (Å²) in [5.74, 6) is 0.0314. The second kappa shape index (κ2) is 5.53. The summed E-state index contributed by atoms with van der Waals surface area (Å²) in [5, 5.41) is 5.39. The van der Waals surface area contributed by atoms with Crippen LogP contribution < -0.4 is 10.6 Å². The Hall–Kier alpha value is -1.76. The molecular formula is C10H11N3O3S. The van der Waals surface area contributed by atoms with Crippen molar-refractivity contribution < 1.29 is 14.0 Å². The lowest BCUT2D eigenvalue weighted by Crippen LogP contribution is -2.41. The van der Waals surface area contributed by atoms with Gasteiger partial charge in [-0.2, -0.15) is 0 Å². The van der Waals surface area contributed by atoms with Crippen LogP contribution in [-0.4, -0.2) is 29.3 Å². The van der Waals surface area contributed by atoms with Crippen molar-refractivity contribution in [3.8, 4) is 0 Å². The molecule has 1 aliphatic rings. The van der Waals surface area contributed by atoms with Crippen LogP contribution in [0.2, 0.25) is 0 Å². The Bertz CT molecular complexity index is 442. The molecule has 2 amide bonds. The van der Waals surface area contributed by atoms with Crippen LogP contribution in [0.3, 0.4) is 0 Å². The highest BCUT2D eigenvalue weighted by atomic mass is 32.2. The number of aliphatic imine (C=N–C) groups is 1. The maximum atomic E-state index is 11.4. The highest BCUT2D eigenvalue weighted by molar-refractivity contribution is 8.14. The van der Waals surface area contributed by atoms with E-state index in [4.69, 9.17) is 4.42 Å². The standard InChI is InChI=1S/C10H11N3O3S/c14-8(12-6-7-2-1-4-16-7)9(15)13-10-11-3-5-17-10/h1-2,4H,3,5-6H2,(H,12,14)(H,11,13,15). The molecule has 2 rings (SSSR count). The van der Waals surface area contributed by atoms with E-state index in [0.29, 0.717) is 17.5 Å². The zero-order valence-electron chi connectivity index (χ0n) is 8.93. The highest BCUT2D eigenvalue weighted by Gasteiger charge is 2.17. The molecule has 1 aromatic rings. The van der Waals surface area contributed by atoms with Gasteiger partial charge in [0.05, 0.1) is 19.4 Å². The van der Waals surface area contributed by atoms with Crippen LogP contribution in [0.25, 0.3) is 0 Å². The molecule has 17 heavy (non-hydrogen) atoms. The minimum absolute atomic E-state index is 0.193. The Kier molecular flexibility index (Phi) is 3.81. The topological polar surface area (TPSA) is 83.7 Å². The van der Waals surface area contributed by atoms with E-state index in [0.717, 1.165) is 5.75 Å². The molecule has 90 valence electrons. The number of rotatable bonds is 2. The van der Waals surface area contributed by atoms with E-state index in [9.17, 15) is 9.59 Å². The molecule has 0 saturated heterocycles. The number of carbonyl (C=O) groups is 2. The first kappa shape index (κ1) is 11.7. The van der Waals surface area contributed by atoms with Gasteiger partial charge in [0.1, 0.15) is 5.76 Å². The van der Waals surface area contributed by atoms with Gasteiger partial charge in [-0.3, -0.25) is 19.9 Å². The van der Waals surface area contributed by atoms with Gasteiger partial charge in [0.2, 0.25) is 0 Å². The van der Waals surface area contributed by atoms with Gasteiger partial charge in [0.25, 0.3) is 0 Å². The quantitative estimate of drug-likeness (QED) is 0.733. The fourth-order valence-electron chi connectivity index (χ4n) is 1.23. The fraction of sp³-hybridized carbons (Fsp3) is 0.300. The Labute approximate surface area is 102 Å². The number of hydrogen-bond donors (Lipinski definition) is 2. The van der Waals surface area contributed by atoms with Crippen molar-refractivity contribution in [3.63, 3.8) is 0 Å². The molecule has 0 aliphatic carbocycles. The van der Waals surface area contributed by atoms with Gasteiger partial charge < -0.3 is 9.73 Å². The second-order valence-electron chi connectivity index (χ2n) is 3.25. The summed E-state index contributed by atoms with van der Waals surface area (Å²) in [6.45, 7) is 0.868. The SMILES string of the molecule is O=C(NCc1ccco1)C(=O)NC1=NCCS1. The van der Waals surface area contributed by atoms with E-state index in [1.54, 1.807) is 12.1 Å². The van der Waals surface area contributed by atoms with E-state index in [1.807, 2.05) is 0 Å². The van der Waals surface area contributed by atoms with Gasteiger partial charge in [-0.05, 0) is 12.1 Å². The average Bonchev–Trinajstić information content (AvgIpc) is 2.98. The average molecular weight is 253 g/mol. The molecule has 0 radical (unpaired) electrons. The Morgan fingerprint density at radius 1 is 1.47 bits per heavy atom. The van der Waals surface area contributed by atoms with Gasteiger partial charge in [-0.25, -0.2) is 0 Å². The predicted octanol–water partition coefficient (Wildman–Crippen LogP) is 0.115. The first-order chi connectivity index (χ1) is 8.25. The van der Waals surface area contributed by atoms with E-state index in [1.165, 1.54) is 18.0 Å². The maximum absolute atomic E-state index is 11.4. The van der Waals surface area contributed by atoms with Gasteiger partial charge in [-0.1, -0.05) is 11.8 Å². The summed E-state index contributed by atoms with van der Waals surface area (Å²) < 4.78 is 5.02. The molecule has 0 unspecified atom stereocenters. The maximum Gasteiger partial charge on any atom is 0.315 e. The van der Waals surface area contributed by atoms with E-state index in [-0.39, 0.29) is 6.54 Å². The van der Waals surface area contributed by atoms with Crippen molar-refractivity contribution in [2.45, 2.75) is 6.54 Å². The summed E-state index contributed by atoms with van der Waals surface area (Å²) in [6, 6.07) is 3.43. The van der Waals surface area contributed by atoms with Crippen molar-refractivity contribution >= 4 is 28.7 Å². The summed E-state index contributed by atoms with van der Waals surface area (Å²) in [7, 11) is 0. The minimum Gasteiger partial charge on any atom is -0.467 e. The first-order valence-electron chi connectivity index (χ1n) is 5.04. The van der Waals surface area contributed by atoms with Crippen LogP contribution in [0.15, 0.2) is 27.8 Å². The Morgan fingerprint density at radius 2 is 2.35 bits per heavy atom. The number of nitrogens with one attached hydrogen (secondary N) is 2. The molecule has 2 N–H and O–H groups in total. The first-order valence-corrected chi connectivity index (χ1v) is 6.03. The van der Waals surface area contributed by atoms with Crippen molar-refractivity contribution in [3.05, 3.63) is 24.2 Å². The monoisotopic (exact) mass is 253 g/mol. The highest BCUT2D eigenvalue weighted by Crippen LogP contribution is 2.08. The van der Waals surface area contributed by atoms with Crippen LogP contribution in [0.1, 0.15) is 5.76 Å². The zero-order chi connectivity index (χ0) is 12.1. The molecule has 1 aromatic heterocycles. The van der Waals surface area contributed by atoms with Crippen LogP contribution in [-0.2, 0) is 16.1 Å². The molecule has 0 spiro atoms. The van der Waals surface area contributed by atoms with Crippen molar-refractivity contribution in [2.75, 3.05) is 12.3 Å². The number of amides is 2. The fourth-order valence-corrected chi connectivity index (χ4v) is 1.95. The third-order valence-electron chi connectivity index (χ3n) is 2.02. The van der Waals surface area contributed by atoms with E-state index >= 15 is 0 Å². The van der Waals surface area contributed by atoms with Gasteiger partial charge in [0.15, 0.2) is 5.17 Å². The molecule has 0 saturated carbocycles. The smallest absolute Gasteiger partial charge is 0.315 e. The number of thioether (sulfide) groups is 1. The molecule has 7 heteroatoms. The molecule has 0 fully saturated rings. The number of carbonyl (C=O) groups excluding carboxylic acids is 2. The van der Waals surface area contributed by atoms with Crippen molar-refractivity contribution in [1.29, 1.82) is 0 Å². The molecule has 2 heterocycles. The Balaban J connectivity index is 1.77. The lowest BCUT2D eigenvalue weighted by Gasteiger charge is -2.04. The molecule has 0 atom stereocenters. The summed E-state index contributed by atoms with van der Waals surface area (Å²) in [6.07, 6.45) is 1.51. The second-order valence-corrected chi connectivity index (χ2v) is 4.34. The number of hydrogen-bond acceptors (Lipinski definition) is 5. The van der Waals surface area contributed by atoms with Crippen LogP contribution in [0, 0.1) is 0 Å². The number of amidine groups is 1. The molecule has 0 bridgehead atoms. The number of furan rings is 1. The number of nitrogens with zero attached hydrogens (tertiary/aromatic N) is 1. The molecular weight excluding hydrogens is 242 g/mol. The predicted molar refractivity (Wildman–Crippen MR) is 63.5 cm³/mol. The van der Waals surface area contributed by atoms with Crippen molar-refractivity contribution in [2.24, 2.45) is 4.99 Å². The lowest BCUT2D eigenvalue weighted by molar-refractivity contribution is -0.138. The third-order valence-corrected chi connectivity index (χ3v) is 2.91. The largest absolute Gasteiger partial charge is 0.467 e. The minimum atomic E-state index is -0.704. The zero-order valence-corrected chi connectivity index (χ0v) is 9.75. The normalized spacial score (nSPS) is 14.2. The van der Waals surface area contributed by atoms with Crippen molar-refractivity contribution in [1.82, 2.24) is 10.6 Å². The van der Waals surface area contributed by atoms with E-state index < -0.39 is 11.8 Å². The van der Waals surface area contributed by atoms with Crippen LogP contribution >= 0.6 is 11.8 Å². The van der Waals surface area contributed by atoms with Gasteiger partial charge in [-0.15, -0.1) is 0 Å². The summed E-state index contributed by atoms with van der Waals surface area (Å²) >= 11 is 1.42. The third kappa shape index (κ3) is 3.35. The van der Waals surface area contributed by atoms with Crippen LogP contribution in [0.5, 0.6) is 0 Å². The lowest BCUT2D eigenvalue weighted by atomic mass is 10.4. The van der Waals surface area contributed by atoms with E-state index in [2.05, 4.69) is 15.6 Å². The molecule has 6 nitrogen and oxygen atoms in total. The Morgan fingerprint density at radius 3 is 3.00 bits per heavy atom. The molecule has 0 aromatic carbocycles. The van der Waals surface area contributed by atoms with Crippen LogP contribution in [0.4, 0.5) is 0 Å². The van der Waals surface area contributed by atoms with Gasteiger partial charge >= 0.3 is 11.8 Å². The summed E-state index contributed by atoms with van der Waals surface area (Å²) in [5.41, 5.74) is 0. The molecule has 1 aliphatic heterocycles. The van der Waals surface area contributed by atoms with Gasteiger partial charge in [0, 0.05) is 5.75 Å².